The molecule has 4 aromatic rings. The summed E-state index contributed by atoms with van der Waals surface area (Å²) in [6.45, 7) is 1.89. The summed E-state index contributed by atoms with van der Waals surface area (Å²) in [5, 5.41) is 24.3. The number of nitrogens with one attached hydrogen (secondary N) is 1. The van der Waals surface area contributed by atoms with E-state index in [0.29, 0.717) is 26.1 Å². The van der Waals surface area contributed by atoms with Gasteiger partial charge in [-0.3, -0.25) is 14.8 Å². The number of aryl methyl sites for hydroxylation is 2. The zero-order chi connectivity index (χ0) is 29.7. The summed E-state index contributed by atoms with van der Waals surface area (Å²) in [5.74, 6) is 1.09. The summed E-state index contributed by atoms with van der Waals surface area (Å²) in [4.78, 5) is 33.7. The molecule has 0 spiro atoms. The van der Waals surface area contributed by atoms with Gasteiger partial charge in [-0.05, 0) is 73.6 Å². The molecule has 4 unspecified atom stereocenters. The van der Waals surface area contributed by atoms with E-state index in [0.717, 1.165) is 65.9 Å². The van der Waals surface area contributed by atoms with Gasteiger partial charge in [0.1, 0.15) is 5.82 Å². The lowest BCUT2D eigenvalue weighted by Crippen LogP contribution is -2.61. The van der Waals surface area contributed by atoms with E-state index in [2.05, 4.69) is 27.9 Å². The van der Waals surface area contributed by atoms with Gasteiger partial charge in [-0.15, -0.1) is 0 Å². The number of unbranched alkanes of at least 4 members (excludes halogenated alkanes) is 2. The van der Waals surface area contributed by atoms with Crippen molar-refractivity contribution in [2.45, 2.75) is 57.0 Å². The molecule has 10 heteroatoms. The highest BCUT2D eigenvalue weighted by Crippen LogP contribution is 2.47. The minimum Gasteiger partial charge on any atom is -0.733 e. The Morgan fingerprint density at radius 2 is 1.95 bits per heavy atom. The fourth-order valence-electron chi connectivity index (χ4n) is 7.80. The van der Waals surface area contributed by atoms with E-state index in [9.17, 15) is 20.0 Å². The van der Waals surface area contributed by atoms with Gasteiger partial charge in [-0.25, -0.2) is 4.98 Å². The van der Waals surface area contributed by atoms with Crippen molar-refractivity contribution in [2.24, 2.45) is 18.9 Å². The quantitative estimate of drug-likeness (QED) is 0.237. The molecule has 2 bridgehead atoms. The number of carbonyl (C=O) groups excluding carboxylic acids is 1. The molecule has 4 atom stereocenters. The van der Waals surface area contributed by atoms with E-state index in [1.807, 2.05) is 41.0 Å². The van der Waals surface area contributed by atoms with Gasteiger partial charge in [-0.1, -0.05) is 24.6 Å². The summed E-state index contributed by atoms with van der Waals surface area (Å²) < 4.78 is 4.06. The van der Waals surface area contributed by atoms with Crippen LogP contribution in [0, 0.1) is 17.0 Å². The molecule has 3 aliphatic rings. The van der Waals surface area contributed by atoms with E-state index in [-0.39, 0.29) is 46.2 Å². The lowest BCUT2D eigenvalue weighted by molar-refractivity contribution is -0.126. The SMILES string of the molecule is Cn1c(CCCCCNC(=O)C2Cc3cc(N([O-])O)ccc3N3CC4CC(Cn5c4cccc5=O)C23)nc2ccccc21. The first-order valence-corrected chi connectivity index (χ1v) is 15.3. The van der Waals surface area contributed by atoms with Crippen LogP contribution in [0.4, 0.5) is 11.4 Å². The molecule has 7 rings (SSSR count). The number of carbonyl (C=O) groups is 1. The van der Waals surface area contributed by atoms with Crippen molar-refractivity contribution >= 4 is 28.3 Å². The molecule has 0 radical (unpaired) electrons. The average Bonchev–Trinajstić information content (AvgIpc) is 3.33. The van der Waals surface area contributed by atoms with E-state index in [1.165, 1.54) is 0 Å². The maximum Gasteiger partial charge on any atom is 0.250 e. The zero-order valence-electron chi connectivity index (χ0n) is 24.4. The number of nitrogens with zero attached hydrogens (tertiary/aromatic N) is 5. The number of hydrogen-bond acceptors (Lipinski definition) is 7. The molecule has 3 aliphatic heterocycles. The summed E-state index contributed by atoms with van der Waals surface area (Å²) in [6, 6.07) is 18.8. The molecule has 1 saturated heterocycles. The van der Waals surface area contributed by atoms with Crippen molar-refractivity contribution in [3.05, 3.63) is 93.3 Å². The summed E-state index contributed by atoms with van der Waals surface area (Å²) in [6.07, 6.45) is 5.16. The van der Waals surface area contributed by atoms with Crippen LogP contribution in [0.1, 0.15) is 48.7 Å². The molecule has 2 aromatic heterocycles. The maximum absolute atomic E-state index is 13.8. The van der Waals surface area contributed by atoms with Crippen LogP contribution < -0.4 is 21.0 Å². The molecule has 0 saturated carbocycles. The second kappa shape index (κ2) is 11.2. The third kappa shape index (κ3) is 4.98. The third-order valence-electron chi connectivity index (χ3n) is 9.80. The first-order chi connectivity index (χ1) is 20.9. The van der Waals surface area contributed by atoms with Gasteiger partial charge in [0.2, 0.25) is 5.91 Å². The number of pyridine rings is 1. The van der Waals surface area contributed by atoms with Crippen LogP contribution in [0.5, 0.6) is 0 Å². The van der Waals surface area contributed by atoms with E-state index < -0.39 is 0 Å². The summed E-state index contributed by atoms with van der Waals surface area (Å²) >= 11 is 0. The predicted molar refractivity (Wildman–Crippen MR) is 165 cm³/mol. The molecular weight excluding hydrogens is 544 g/mol. The van der Waals surface area contributed by atoms with Crippen molar-refractivity contribution in [1.82, 2.24) is 19.4 Å². The van der Waals surface area contributed by atoms with Gasteiger partial charge in [-0.2, -0.15) is 0 Å². The normalized spacial score (nSPS) is 22.1. The number of para-hydroxylation sites is 2. The topological polar surface area (TPSA) is 119 Å². The first-order valence-electron chi connectivity index (χ1n) is 15.3. The maximum atomic E-state index is 13.8. The third-order valence-corrected chi connectivity index (χ3v) is 9.80. The Labute approximate surface area is 250 Å². The highest BCUT2D eigenvalue weighted by molar-refractivity contribution is 5.82. The minimum absolute atomic E-state index is 0.00837. The standard InChI is InChI=1S/C33H37N6O4/c1-36-29-9-5-4-8-26(29)35-30(36)11-3-2-6-15-34-33(41)25-18-21-17-24(39(42)43)13-14-28(21)38-19-22-16-23(32(25)38)20-37-27(22)10-7-12-31(37)40/h4-5,7-10,12-14,17,22-23,25,32,42H,2-3,6,11,15-16,18-20H2,1H3,(H,34,41)/q-1. The van der Waals surface area contributed by atoms with Gasteiger partial charge in [0.25, 0.3) is 5.56 Å². The number of hydrogen-bond donors (Lipinski definition) is 2. The Morgan fingerprint density at radius 3 is 2.79 bits per heavy atom. The van der Waals surface area contributed by atoms with Crippen molar-refractivity contribution in [3.8, 4) is 0 Å². The molecular formula is C33H37N6O4-. The van der Waals surface area contributed by atoms with Crippen molar-refractivity contribution in [3.63, 3.8) is 0 Å². The molecule has 224 valence electrons. The molecule has 1 amide bonds. The molecule has 0 aliphatic carbocycles. The first kappa shape index (κ1) is 27.7. The average molecular weight is 582 g/mol. The van der Waals surface area contributed by atoms with Gasteiger partial charge in [0.15, 0.2) is 0 Å². The van der Waals surface area contributed by atoms with Crippen molar-refractivity contribution < 1.29 is 10.0 Å². The van der Waals surface area contributed by atoms with Crippen molar-refractivity contribution in [2.75, 3.05) is 23.2 Å². The zero-order valence-corrected chi connectivity index (χ0v) is 24.4. The fourth-order valence-corrected chi connectivity index (χ4v) is 7.80. The largest absolute Gasteiger partial charge is 0.733 e. The number of imidazole rings is 1. The molecule has 10 nitrogen and oxygen atoms in total. The molecule has 5 heterocycles. The Morgan fingerprint density at radius 1 is 1.09 bits per heavy atom. The van der Waals surface area contributed by atoms with Crippen LogP contribution in [-0.4, -0.2) is 44.4 Å². The lowest BCUT2D eigenvalue weighted by Gasteiger charge is -2.54. The molecule has 43 heavy (non-hydrogen) atoms. The second-order valence-electron chi connectivity index (χ2n) is 12.3. The number of anilines is 2. The Balaban J connectivity index is 1.05. The van der Waals surface area contributed by atoms with E-state index in [4.69, 9.17) is 4.98 Å². The molecule has 2 N–H and O–H groups in total. The van der Waals surface area contributed by atoms with Crippen LogP contribution in [0.3, 0.4) is 0 Å². The number of aromatic nitrogens is 3. The lowest BCUT2D eigenvalue weighted by atomic mass is 9.70. The number of rotatable bonds is 8. The molecule has 1 fully saturated rings. The Hall–Kier alpha value is -4.15. The van der Waals surface area contributed by atoms with Gasteiger partial charge < -0.3 is 29.8 Å². The van der Waals surface area contributed by atoms with Crippen molar-refractivity contribution in [1.29, 1.82) is 0 Å². The van der Waals surface area contributed by atoms with Gasteiger partial charge in [0.05, 0.1) is 22.6 Å². The van der Waals surface area contributed by atoms with E-state index >= 15 is 0 Å². The monoisotopic (exact) mass is 581 g/mol. The van der Waals surface area contributed by atoms with Crippen LogP contribution in [0.2, 0.25) is 0 Å². The van der Waals surface area contributed by atoms with Gasteiger partial charge >= 0.3 is 0 Å². The second-order valence-corrected chi connectivity index (χ2v) is 12.3. The fraction of sp³-hybridized carbons (Fsp3) is 0.424. The Bertz CT molecular complexity index is 1730. The number of benzene rings is 2. The van der Waals surface area contributed by atoms with Crippen LogP contribution >= 0.6 is 0 Å². The van der Waals surface area contributed by atoms with Crippen LogP contribution in [0.15, 0.2) is 65.5 Å². The van der Waals surface area contributed by atoms with Crippen LogP contribution in [0.25, 0.3) is 11.0 Å². The number of piperidine rings is 1. The smallest absolute Gasteiger partial charge is 0.250 e. The highest BCUT2D eigenvalue weighted by atomic mass is 16.8. The molecule has 2 aromatic carbocycles. The number of fused-ring (bicyclic) bond motifs is 9. The van der Waals surface area contributed by atoms with E-state index in [1.54, 1.807) is 18.2 Å². The minimum atomic E-state index is -0.326. The number of amides is 1. The Kier molecular flexibility index (Phi) is 7.18. The highest BCUT2D eigenvalue weighted by Gasteiger charge is 2.49. The predicted octanol–water partition coefficient (Wildman–Crippen LogP) is 4.12. The summed E-state index contributed by atoms with van der Waals surface area (Å²) in [5.41, 5.74) is 5.27. The summed E-state index contributed by atoms with van der Waals surface area (Å²) in [7, 11) is 2.06. The van der Waals surface area contributed by atoms with Crippen LogP contribution in [-0.2, 0) is 31.2 Å². The van der Waals surface area contributed by atoms with Gasteiger partial charge in [0, 0.05) is 62.5 Å².